The van der Waals surface area contributed by atoms with Crippen LogP contribution in [-0.2, 0) is 4.74 Å². The summed E-state index contributed by atoms with van der Waals surface area (Å²) in [4.78, 5) is 11.5. The molecule has 1 rings (SSSR count). The third-order valence-electron chi connectivity index (χ3n) is 1.62. The molecule has 0 unspecified atom stereocenters. The van der Waals surface area contributed by atoms with E-state index in [0.717, 1.165) is 0 Å². The van der Waals surface area contributed by atoms with Crippen molar-refractivity contribution in [3.8, 4) is 0 Å². The molecule has 0 radical (unpaired) electrons. The van der Waals surface area contributed by atoms with Crippen molar-refractivity contribution >= 4 is 17.9 Å². The lowest BCUT2D eigenvalue weighted by atomic mass is 10.2. The van der Waals surface area contributed by atoms with Crippen LogP contribution in [0.25, 0.3) is 6.08 Å². The fraction of sp³-hybridized carbons (Fsp3) is 0.364. The Hall–Kier alpha value is -1.91. The van der Waals surface area contributed by atoms with E-state index in [1.165, 1.54) is 12.4 Å². The van der Waals surface area contributed by atoms with E-state index < -0.39 is 11.7 Å². The van der Waals surface area contributed by atoms with Gasteiger partial charge in [-0.05, 0) is 20.8 Å². The third-order valence-corrected chi connectivity index (χ3v) is 1.62. The van der Waals surface area contributed by atoms with Gasteiger partial charge in [-0.1, -0.05) is 12.7 Å². The van der Waals surface area contributed by atoms with Crippen LogP contribution < -0.4 is 5.32 Å². The Morgan fingerprint density at radius 3 is 2.62 bits per heavy atom. The molecule has 0 saturated carbocycles. The molecule has 1 amide bonds. The van der Waals surface area contributed by atoms with Gasteiger partial charge in [0.25, 0.3) is 0 Å². The summed E-state index contributed by atoms with van der Waals surface area (Å²) in [6.07, 6.45) is 4.02. The van der Waals surface area contributed by atoms with Gasteiger partial charge in [0, 0.05) is 5.56 Å². The molecule has 0 aliphatic heterocycles. The van der Waals surface area contributed by atoms with Gasteiger partial charge in [-0.15, -0.1) is 0 Å². The highest BCUT2D eigenvalue weighted by atomic mass is 16.6. The Bertz CT molecular complexity index is 396. The van der Waals surface area contributed by atoms with Crippen LogP contribution in [0.4, 0.5) is 10.5 Å². The van der Waals surface area contributed by atoms with Crippen LogP contribution in [0, 0.1) is 0 Å². The molecule has 5 heteroatoms. The molecule has 0 fully saturated rings. The number of nitrogens with one attached hydrogen (secondary N) is 1. The second kappa shape index (κ2) is 4.74. The van der Waals surface area contributed by atoms with Crippen molar-refractivity contribution in [1.82, 2.24) is 10.2 Å². The van der Waals surface area contributed by atoms with E-state index in [4.69, 9.17) is 4.74 Å². The number of hydrogen-bond donors (Lipinski definition) is 1. The molecular formula is C11H15N3O2. The van der Waals surface area contributed by atoms with Gasteiger partial charge in [0.1, 0.15) is 5.60 Å². The van der Waals surface area contributed by atoms with E-state index in [1.807, 2.05) is 0 Å². The van der Waals surface area contributed by atoms with Crippen molar-refractivity contribution in [2.24, 2.45) is 0 Å². The second-order valence-corrected chi connectivity index (χ2v) is 4.19. The first-order chi connectivity index (χ1) is 7.42. The normalized spacial score (nSPS) is 10.7. The number of amides is 1. The van der Waals surface area contributed by atoms with Gasteiger partial charge in [-0.3, -0.25) is 5.32 Å². The summed E-state index contributed by atoms with van der Waals surface area (Å²) in [5, 5.41) is 9.94. The van der Waals surface area contributed by atoms with Crippen LogP contribution in [0.1, 0.15) is 26.3 Å². The smallest absolute Gasteiger partial charge is 0.412 e. The van der Waals surface area contributed by atoms with Crippen molar-refractivity contribution in [3.05, 3.63) is 24.5 Å². The number of carbonyl (C=O) groups excluding carboxylic acids is 1. The number of nitrogens with zero attached hydrogens (tertiary/aromatic N) is 2. The number of hydrogen-bond acceptors (Lipinski definition) is 4. The van der Waals surface area contributed by atoms with Crippen LogP contribution in [-0.4, -0.2) is 21.9 Å². The lowest BCUT2D eigenvalue weighted by molar-refractivity contribution is 0.0636. The molecule has 86 valence electrons. The number of anilines is 1. The Morgan fingerprint density at radius 2 is 2.06 bits per heavy atom. The zero-order valence-corrected chi connectivity index (χ0v) is 9.65. The van der Waals surface area contributed by atoms with Crippen LogP contribution in [0.5, 0.6) is 0 Å². The standard InChI is InChI=1S/C11H15N3O2/c1-5-8-6-12-13-7-9(8)14-10(15)16-11(2,3)4/h5-7H,1H2,2-4H3,(H,12,14,15). The maximum Gasteiger partial charge on any atom is 0.412 e. The SMILES string of the molecule is C=Cc1cnncc1NC(=O)OC(C)(C)C. The average Bonchev–Trinajstić information content (AvgIpc) is 2.15. The summed E-state index contributed by atoms with van der Waals surface area (Å²) in [5.74, 6) is 0. The Balaban J connectivity index is 2.73. The van der Waals surface area contributed by atoms with Gasteiger partial charge in [0.05, 0.1) is 18.1 Å². The molecule has 0 aliphatic carbocycles. The molecule has 0 atom stereocenters. The summed E-state index contributed by atoms with van der Waals surface area (Å²) < 4.78 is 5.11. The molecule has 0 spiro atoms. The average molecular weight is 221 g/mol. The molecule has 5 nitrogen and oxygen atoms in total. The molecule has 1 aromatic rings. The minimum absolute atomic E-state index is 0.524. The molecule has 1 N–H and O–H groups in total. The predicted octanol–water partition coefficient (Wildman–Crippen LogP) is 2.47. The van der Waals surface area contributed by atoms with Crippen LogP contribution in [0.2, 0.25) is 0 Å². The van der Waals surface area contributed by atoms with E-state index in [0.29, 0.717) is 11.3 Å². The van der Waals surface area contributed by atoms with Crippen molar-refractivity contribution < 1.29 is 9.53 Å². The van der Waals surface area contributed by atoms with Gasteiger partial charge >= 0.3 is 6.09 Å². The van der Waals surface area contributed by atoms with Crippen molar-refractivity contribution in [1.29, 1.82) is 0 Å². The number of ether oxygens (including phenoxy) is 1. The third kappa shape index (κ3) is 3.68. The molecule has 16 heavy (non-hydrogen) atoms. The minimum Gasteiger partial charge on any atom is -0.444 e. The van der Waals surface area contributed by atoms with Gasteiger partial charge in [-0.25, -0.2) is 4.79 Å². The Morgan fingerprint density at radius 1 is 1.44 bits per heavy atom. The Kier molecular flexibility index (Phi) is 3.60. The lowest BCUT2D eigenvalue weighted by Gasteiger charge is -2.19. The van der Waals surface area contributed by atoms with Crippen molar-refractivity contribution in [2.75, 3.05) is 5.32 Å². The Labute approximate surface area is 94.5 Å². The maximum absolute atomic E-state index is 11.5. The van der Waals surface area contributed by atoms with Crippen LogP contribution >= 0.6 is 0 Å². The summed E-state index contributed by atoms with van der Waals surface area (Å²) in [6, 6.07) is 0. The number of rotatable bonds is 2. The topological polar surface area (TPSA) is 64.1 Å². The first-order valence-corrected chi connectivity index (χ1v) is 4.85. The summed E-state index contributed by atoms with van der Waals surface area (Å²) in [5.41, 5.74) is 0.693. The quantitative estimate of drug-likeness (QED) is 0.833. The van der Waals surface area contributed by atoms with E-state index >= 15 is 0 Å². The molecule has 0 bridgehead atoms. The minimum atomic E-state index is -0.529. The van der Waals surface area contributed by atoms with Crippen LogP contribution in [0.15, 0.2) is 19.0 Å². The molecular weight excluding hydrogens is 206 g/mol. The van der Waals surface area contributed by atoms with E-state index in [-0.39, 0.29) is 0 Å². The lowest BCUT2D eigenvalue weighted by Crippen LogP contribution is -2.27. The molecule has 0 aromatic carbocycles. The molecule has 0 aliphatic rings. The summed E-state index contributed by atoms with van der Waals surface area (Å²) in [7, 11) is 0. The number of carbonyl (C=O) groups is 1. The summed E-state index contributed by atoms with van der Waals surface area (Å²) in [6.45, 7) is 9.01. The maximum atomic E-state index is 11.5. The fourth-order valence-electron chi connectivity index (χ4n) is 1.01. The fourth-order valence-corrected chi connectivity index (χ4v) is 1.01. The highest BCUT2D eigenvalue weighted by Gasteiger charge is 2.16. The second-order valence-electron chi connectivity index (χ2n) is 4.19. The zero-order chi connectivity index (χ0) is 12.2. The number of aromatic nitrogens is 2. The van der Waals surface area contributed by atoms with Crippen molar-refractivity contribution in [2.45, 2.75) is 26.4 Å². The van der Waals surface area contributed by atoms with Crippen molar-refractivity contribution in [3.63, 3.8) is 0 Å². The van der Waals surface area contributed by atoms with Gasteiger partial charge < -0.3 is 4.74 Å². The molecule has 1 aromatic heterocycles. The predicted molar refractivity (Wildman–Crippen MR) is 62.0 cm³/mol. The van der Waals surface area contributed by atoms with Gasteiger partial charge in [-0.2, -0.15) is 10.2 Å². The molecule has 0 saturated heterocycles. The molecule has 1 heterocycles. The first kappa shape index (κ1) is 12.2. The van der Waals surface area contributed by atoms with E-state index in [2.05, 4.69) is 22.1 Å². The van der Waals surface area contributed by atoms with E-state index in [9.17, 15) is 4.79 Å². The highest BCUT2D eigenvalue weighted by molar-refractivity contribution is 5.87. The van der Waals surface area contributed by atoms with Gasteiger partial charge in [0.2, 0.25) is 0 Å². The van der Waals surface area contributed by atoms with Gasteiger partial charge in [0.15, 0.2) is 0 Å². The zero-order valence-electron chi connectivity index (χ0n) is 9.65. The van der Waals surface area contributed by atoms with E-state index in [1.54, 1.807) is 26.8 Å². The monoisotopic (exact) mass is 221 g/mol. The highest BCUT2D eigenvalue weighted by Crippen LogP contribution is 2.15. The summed E-state index contributed by atoms with van der Waals surface area (Å²) >= 11 is 0. The van der Waals surface area contributed by atoms with Crippen LogP contribution in [0.3, 0.4) is 0 Å². The first-order valence-electron chi connectivity index (χ1n) is 4.85. The largest absolute Gasteiger partial charge is 0.444 e.